The van der Waals surface area contributed by atoms with Crippen LogP contribution >= 0.6 is 12.2 Å². The first kappa shape index (κ1) is 13.9. The lowest BCUT2D eigenvalue weighted by Crippen LogP contribution is -2.09. The van der Waals surface area contributed by atoms with Gasteiger partial charge in [-0.2, -0.15) is 14.9 Å². The van der Waals surface area contributed by atoms with Gasteiger partial charge in [0, 0.05) is 0 Å². The predicted octanol–water partition coefficient (Wildman–Crippen LogP) is 1.59. The van der Waals surface area contributed by atoms with E-state index in [1.54, 1.807) is 37.4 Å². The third kappa shape index (κ3) is 3.51. The summed E-state index contributed by atoms with van der Waals surface area (Å²) in [4.78, 5) is 10.4. The molecule has 1 heterocycles. The molecule has 8 heteroatoms. The highest BCUT2D eigenvalue weighted by molar-refractivity contribution is 7.71. The number of aromatic nitrogens is 3. The Morgan fingerprint density at radius 3 is 2.80 bits per heavy atom. The first-order valence-corrected chi connectivity index (χ1v) is 6.10. The zero-order valence-electron chi connectivity index (χ0n) is 10.6. The number of hydrogen-bond acceptors (Lipinski definition) is 5. The maximum atomic E-state index is 10.4. The zero-order valence-corrected chi connectivity index (χ0v) is 11.4. The monoisotopic (exact) mass is 292 g/mol. The minimum Gasteiger partial charge on any atom is -0.482 e. The second-order valence-corrected chi connectivity index (χ2v) is 4.27. The predicted molar refractivity (Wildman–Crippen MR) is 74.7 cm³/mol. The van der Waals surface area contributed by atoms with E-state index >= 15 is 0 Å². The minimum atomic E-state index is -1.01. The topological polar surface area (TPSA) is 92.5 Å². The molecular weight excluding hydrogens is 280 g/mol. The molecule has 0 fully saturated rings. The number of aliphatic carboxylic acids is 1. The molecular formula is C12H12N4O3S. The molecule has 0 bridgehead atoms. The fourth-order valence-corrected chi connectivity index (χ4v) is 1.65. The molecule has 0 saturated carbocycles. The average Bonchev–Trinajstić information content (AvgIpc) is 2.75. The molecule has 2 rings (SSSR count). The highest BCUT2D eigenvalue weighted by Crippen LogP contribution is 2.11. The summed E-state index contributed by atoms with van der Waals surface area (Å²) in [7, 11) is 0. The molecule has 20 heavy (non-hydrogen) atoms. The first-order chi connectivity index (χ1) is 9.56. The van der Waals surface area contributed by atoms with Crippen molar-refractivity contribution >= 4 is 24.4 Å². The molecule has 0 atom stereocenters. The fraction of sp³-hybridized carbons (Fsp3) is 0.167. The van der Waals surface area contributed by atoms with Crippen LogP contribution in [0.15, 0.2) is 29.4 Å². The van der Waals surface area contributed by atoms with E-state index in [4.69, 9.17) is 22.1 Å². The Labute approximate surface area is 119 Å². The molecule has 0 unspecified atom stereocenters. The summed E-state index contributed by atoms with van der Waals surface area (Å²) < 4.78 is 6.95. The van der Waals surface area contributed by atoms with E-state index in [2.05, 4.69) is 15.3 Å². The van der Waals surface area contributed by atoms with Crippen LogP contribution in [0.4, 0.5) is 0 Å². The van der Waals surface area contributed by atoms with Gasteiger partial charge in [0.15, 0.2) is 6.61 Å². The molecule has 2 N–H and O–H groups in total. The van der Waals surface area contributed by atoms with Crippen molar-refractivity contribution in [3.63, 3.8) is 0 Å². The summed E-state index contributed by atoms with van der Waals surface area (Å²) in [5.74, 6) is 0.133. The number of carboxylic acid groups (broad SMARTS) is 1. The van der Waals surface area contributed by atoms with Crippen molar-refractivity contribution in [3.05, 3.63) is 40.4 Å². The minimum absolute atomic E-state index is 0.364. The molecule has 0 spiro atoms. The number of carboxylic acids is 1. The van der Waals surface area contributed by atoms with Crippen molar-refractivity contribution in [3.8, 4) is 5.75 Å². The second kappa shape index (κ2) is 6.11. The van der Waals surface area contributed by atoms with E-state index in [9.17, 15) is 4.79 Å². The van der Waals surface area contributed by atoms with Gasteiger partial charge in [-0.3, -0.25) is 5.10 Å². The smallest absolute Gasteiger partial charge is 0.341 e. The lowest BCUT2D eigenvalue weighted by molar-refractivity contribution is -0.139. The molecule has 2 aromatic rings. The van der Waals surface area contributed by atoms with Gasteiger partial charge in [-0.05, 0) is 49.0 Å². The third-order valence-corrected chi connectivity index (χ3v) is 2.64. The highest BCUT2D eigenvalue weighted by Gasteiger charge is 2.00. The number of aryl methyl sites for hydroxylation is 1. The van der Waals surface area contributed by atoms with E-state index in [-0.39, 0.29) is 6.61 Å². The van der Waals surface area contributed by atoms with Gasteiger partial charge in [0.2, 0.25) is 4.77 Å². The third-order valence-electron chi connectivity index (χ3n) is 2.38. The molecule has 0 aliphatic carbocycles. The lowest BCUT2D eigenvalue weighted by Gasteiger charge is -2.02. The van der Waals surface area contributed by atoms with Gasteiger partial charge in [0.1, 0.15) is 11.6 Å². The van der Waals surface area contributed by atoms with E-state index in [1.807, 2.05) is 0 Å². The number of nitrogens with one attached hydrogen (secondary N) is 1. The van der Waals surface area contributed by atoms with E-state index < -0.39 is 5.97 Å². The molecule has 0 radical (unpaired) electrons. The lowest BCUT2D eigenvalue weighted by atomic mass is 10.2. The standard InChI is InChI=1S/C12H12N4O3S/c1-8-14-15-12(20)16(8)13-6-9-2-4-10(5-3-9)19-7-11(17)18/h2-6H,7H2,1H3,(H,15,20)(H,17,18)/b13-6-. The van der Waals surface area contributed by atoms with Gasteiger partial charge in [0.25, 0.3) is 0 Å². The van der Waals surface area contributed by atoms with Crippen LogP contribution in [-0.2, 0) is 4.79 Å². The average molecular weight is 292 g/mol. The SMILES string of the molecule is Cc1n[nH]c(=S)n1/N=C\c1ccc(OCC(=O)O)cc1. The molecule has 0 saturated heterocycles. The maximum Gasteiger partial charge on any atom is 0.341 e. The normalized spacial score (nSPS) is 10.8. The first-order valence-electron chi connectivity index (χ1n) is 5.69. The molecule has 0 aliphatic rings. The van der Waals surface area contributed by atoms with Gasteiger partial charge in [0.05, 0.1) is 6.21 Å². The number of hydrogen-bond donors (Lipinski definition) is 2. The van der Waals surface area contributed by atoms with Crippen molar-refractivity contribution in [1.82, 2.24) is 14.9 Å². The van der Waals surface area contributed by atoms with Gasteiger partial charge in [-0.1, -0.05) is 0 Å². The maximum absolute atomic E-state index is 10.4. The van der Waals surface area contributed by atoms with E-state index in [0.29, 0.717) is 16.3 Å². The summed E-state index contributed by atoms with van der Waals surface area (Å²) in [6.07, 6.45) is 1.62. The van der Waals surface area contributed by atoms with Crippen LogP contribution in [0.25, 0.3) is 0 Å². The number of nitrogens with zero attached hydrogens (tertiary/aromatic N) is 3. The van der Waals surface area contributed by atoms with Gasteiger partial charge >= 0.3 is 5.97 Å². The quantitative estimate of drug-likeness (QED) is 0.645. The van der Waals surface area contributed by atoms with E-state index in [1.165, 1.54) is 4.68 Å². The molecule has 0 amide bonds. The Balaban J connectivity index is 2.07. The van der Waals surface area contributed by atoms with Crippen LogP contribution < -0.4 is 4.74 Å². The fourth-order valence-electron chi connectivity index (χ4n) is 1.43. The van der Waals surface area contributed by atoms with Crippen LogP contribution in [0.3, 0.4) is 0 Å². The van der Waals surface area contributed by atoms with Crippen LogP contribution in [-0.4, -0.2) is 38.8 Å². The highest BCUT2D eigenvalue weighted by atomic mass is 32.1. The Morgan fingerprint density at radius 2 is 2.25 bits per heavy atom. The van der Waals surface area contributed by atoms with Crippen molar-refractivity contribution in [1.29, 1.82) is 0 Å². The Morgan fingerprint density at radius 1 is 1.55 bits per heavy atom. The largest absolute Gasteiger partial charge is 0.482 e. The number of carbonyl (C=O) groups is 1. The molecule has 7 nitrogen and oxygen atoms in total. The van der Waals surface area contributed by atoms with Gasteiger partial charge in [-0.25, -0.2) is 4.79 Å². The van der Waals surface area contributed by atoms with Crippen molar-refractivity contribution in [2.75, 3.05) is 6.61 Å². The van der Waals surface area contributed by atoms with Crippen molar-refractivity contribution < 1.29 is 14.6 Å². The molecule has 0 aliphatic heterocycles. The Kier molecular flexibility index (Phi) is 4.26. The van der Waals surface area contributed by atoms with Gasteiger partial charge < -0.3 is 9.84 Å². The Hall–Kier alpha value is -2.48. The number of rotatable bonds is 5. The van der Waals surface area contributed by atoms with Crippen LogP contribution in [0, 0.1) is 11.7 Å². The summed E-state index contributed by atoms with van der Waals surface area (Å²) in [5.41, 5.74) is 0.829. The van der Waals surface area contributed by atoms with Crippen LogP contribution in [0.2, 0.25) is 0 Å². The summed E-state index contributed by atoms with van der Waals surface area (Å²) in [6.45, 7) is 1.42. The molecule has 1 aromatic carbocycles. The Bertz CT molecular complexity index is 687. The van der Waals surface area contributed by atoms with Crippen molar-refractivity contribution in [2.45, 2.75) is 6.92 Å². The molecule has 104 valence electrons. The van der Waals surface area contributed by atoms with E-state index in [0.717, 1.165) is 5.56 Å². The van der Waals surface area contributed by atoms with Crippen LogP contribution in [0.1, 0.15) is 11.4 Å². The van der Waals surface area contributed by atoms with Crippen LogP contribution in [0.5, 0.6) is 5.75 Å². The summed E-state index contributed by atoms with van der Waals surface area (Å²) in [5, 5.41) is 19.3. The second-order valence-electron chi connectivity index (χ2n) is 3.88. The van der Waals surface area contributed by atoms with Crippen molar-refractivity contribution in [2.24, 2.45) is 5.10 Å². The summed E-state index contributed by atoms with van der Waals surface area (Å²) >= 11 is 5.02. The number of ether oxygens (including phenoxy) is 1. The number of benzene rings is 1. The number of aromatic amines is 1. The molecule has 1 aromatic heterocycles. The van der Waals surface area contributed by atoms with Gasteiger partial charge in [-0.15, -0.1) is 0 Å². The zero-order chi connectivity index (χ0) is 14.5. The number of H-pyrrole nitrogens is 1. The summed E-state index contributed by atoms with van der Waals surface area (Å²) in [6, 6.07) is 6.87.